The second-order valence-corrected chi connectivity index (χ2v) is 4.95. The summed E-state index contributed by atoms with van der Waals surface area (Å²) < 4.78 is 0. The summed E-state index contributed by atoms with van der Waals surface area (Å²) in [6, 6.07) is 6.41. The Kier molecular flexibility index (Phi) is 6.03. The molecular weight excluding hydrogens is 256 g/mol. The lowest BCUT2D eigenvalue weighted by atomic mass is 9.99. The Labute approximate surface area is 119 Å². The molecular formula is C15H22N2O3. The number of rotatable bonds is 6. The Hall–Kier alpha value is -2.04. The maximum Gasteiger partial charge on any atom is 0.326 e. The van der Waals surface area contributed by atoms with E-state index in [-0.39, 0.29) is 5.92 Å². The van der Waals surface area contributed by atoms with E-state index in [1.54, 1.807) is 6.92 Å². The molecule has 1 aromatic rings. The fraction of sp³-hybridized carbons (Fsp3) is 0.467. The molecule has 0 aromatic heterocycles. The minimum Gasteiger partial charge on any atom is -0.480 e. The molecule has 20 heavy (non-hydrogen) atoms. The molecule has 0 spiro atoms. The van der Waals surface area contributed by atoms with E-state index in [4.69, 9.17) is 5.11 Å². The summed E-state index contributed by atoms with van der Waals surface area (Å²) in [4.78, 5) is 22.9. The zero-order chi connectivity index (χ0) is 15.1. The number of carboxylic acids is 1. The predicted octanol–water partition coefficient (Wildman–Crippen LogP) is 2.29. The number of aliphatic carboxylic acids is 1. The summed E-state index contributed by atoms with van der Waals surface area (Å²) in [5.74, 6) is -1.12. The molecule has 0 aliphatic carbocycles. The van der Waals surface area contributed by atoms with Crippen LogP contribution in [0.2, 0.25) is 0 Å². The molecule has 0 bridgehead atoms. The monoisotopic (exact) mass is 278 g/mol. The van der Waals surface area contributed by atoms with Crippen LogP contribution in [-0.4, -0.2) is 23.1 Å². The van der Waals surface area contributed by atoms with Crippen molar-refractivity contribution < 1.29 is 14.7 Å². The summed E-state index contributed by atoms with van der Waals surface area (Å²) in [7, 11) is 0. The van der Waals surface area contributed by atoms with Gasteiger partial charge in [0.2, 0.25) is 0 Å². The molecule has 2 atom stereocenters. The maximum absolute atomic E-state index is 11.8. The van der Waals surface area contributed by atoms with Crippen molar-refractivity contribution in [3.05, 3.63) is 35.4 Å². The number of carbonyl (C=O) groups excluding carboxylic acids is 1. The molecule has 2 amide bonds. The molecule has 0 aliphatic rings. The number of carbonyl (C=O) groups is 2. The third-order valence-electron chi connectivity index (χ3n) is 3.47. The molecule has 110 valence electrons. The van der Waals surface area contributed by atoms with E-state index in [1.165, 1.54) is 0 Å². The zero-order valence-corrected chi connectivity index (χ0v) is 12.1. The molecule has 0 unspecified atom stereocenters. The Morgan fingerprint density at radius 3 is 2.50 bits per heavy atom. The minimum absolute atomic E-state index is 0.114. The summed E-state index contributed by atoms with van der Waals surface area (Å²) in [5.41, 5.74) is 2.10. The number of urea groups is 1. The number of aryl methyl sites for hydroxylation is 1. The fourth-order valence-corrected chi connectivity index (χ4v) is 1.86. The van der Waals surface area contributed by atoms with Crippen LogP contribution in [0.4, 0.5) is 4.79 Å². The number of benzene rings is 1. The van der Waals surface area contributed by atoms with Gasteiger partial charge in [0.05, 0.1) is 0 Å². The third-order valence-corrected chi connectivity index (χ3v) is 3.47. The maximum atomic E-state index is 11.8. The highest BCUT2D eigenvalue weighted by Crippen LogP contribution is 2.08. The molecule has 0 saturated heterocycles. The molecule has 1 rings (SSSR count). The van der Waals surface area contributed by atoms with Crippen LogP contribution in [0.15, 0.2) is 24.3 Å². The van der Waals surface area contributed by atoms with Gasteiger partial charge >= 0.3 is 12.0 Å². The van der Waals surface area contributed by atoms with Crippen LogP contribution in [0.1, 0.15) is 31.4 Å². The first-order valence-electron chi connectivity index (χ1n) is 6.77. The summed E-state index contributed by atoms with van der Waals surface area (Å²) in [6.07, 6.45) is 0.690. The molecule has 0 saturated carbocycles. The molecule has 0 radical (unpaired) electrons. The Morgan fingerprint density at radius 1 is 1.30 bits per heavy atom. The van der Waals surface area contributed by atoms with Crippen molar-refractivity contribution in [1.82, 2.24) is 10.6 Å². The smallest absolute Gasteiger partial charge is 0.326 e. The van der Waals surface area contributed by atoms with Gasteiger partial charge in [-0.25, -0.2) is 9.59 Å². The molecule has 3 N–H and O–H groups in total. The lowest BCUT2D eigenvalue weighted by Crippen LogP contribution is -2.48. The highest BCUT2D eigenvalue weighted by atomic mass is 16.4. The lowest BCUT2D eigenvalue weighted by molar-refractivity contribution is -0.140. The number of nitrogens with one attached hydrogen (secondary N) is 2. The second-order valence-electron chi connectivity index (χ2n) is 4.95. The lowest BCUT2D eigenvalue weighted by Gasteiger charge is -2.20. The number of hydrogen-bond donors (Lipinski definition) is 3. The van der Waals surface area contributed by atoms with Crippen molar-refractivity contribution in [2.75, 3.05) is 0 Å². The highest BCUT2D eigenvalue weighted by molar-refractivity contribution is 5.82. The van der Waals surface area contributed by atoms with Gasteiger partial charge in [-0.2, -0.15) is 0 Å². The Bertz CT molecular complexity index is 474. The highest BCUT2D eigenvalue weighted by Gasteiger charge is 2.25. The summed E-state index contributed by atoms with van der Waals surface area (Å²) in [6.45, 7) is 6.05. The van der Waals surface area contributed by atoms with Gasteiger partial charge in [-0.3, -0.25) is 0 Å². The molecule has 5 nitrogen and oxygen atoms in total. The van der Waals surface area contributed by atoms with Crippen LogP contribution >= 0.6 is 0 Å². The van der Waals surface area contributed by atoms with Crippen molar-refractivity contribution in [3.63, 3.8) is 0 Å². The second kappa shape index (κ2) is 7.53. The summed E-state index contributed by atoms with van der Waals surface area (Å²) >= 11 is 0. The van der Waals surface area contributed by atoms with Crippen LogP contribution in [0.5, 0.6) is 0 Å². The molecule has 0 heterocycles. The number of carboxylic acid groups (broad SMARTS) is 1. The van der Waals surface area contributed by atoms with Crippen molar-refractivity contribution in [2.45, 2.75) is 39.8 Å². The Balaban J connectivity index is 2.55. The predicted molar refractivity (Wildman–Crippen MR) is 77.4 cm³/mol. The van der Waals surface area contributed by atoms with Gasteiger partial charge in [-0.05, 0) is 24.0 Å². The van der Waals surface area contributed by atoms with Gasteiger partial charge in [0, 0.05) is 6.54 Å². The van der Waals surface area contributed by atoms with Crippen LogP contribution < -0.4 is 10.6 Å². The summed E-state index contributed by atoms with van der Waals surface area (Å²) in [5, 5.41) is 14.3. The van der Waals surface area contributed by atoms with Gasteiger partial charge in [0.1, 0.15) is 6.04 Å². The van der Waals surface area contributed by atoms with Crippen LogP contribution in [0.25, 0.3) is 0 Å². The van der Waals surface area contributed by atoms with Crippen LogP contribution in [-0.2, 0) is 11.3 Å². The SMILES string of the molecule is CC[C@H](C)[C@H](NC(=O)NCc1ccccc1C)C(=O)O. The first-order valence-corrected chi connectivity index (χ1v) is 6.77. The van der Waals surface area contributed by atoms with Crippen LogP contribution in [0.3, 0.4) is 0 Å². The van der Waals surface area contributed by atoms with Gasteiger partial charge in [-0.15, -0.1) is 0 Å². The Morgan fingerprint density at radius 2 is 1.95 bits per heavy atom. The van der Waals surface area contributed by atoms with E-state index in [0.29, 0.717) is 13.0 Å². The van der Waals surface area contributed by atoms with Gasteiger partial charge < -0.3 is 15.7 Å². The number of hydrogen-bond acceptors (Lipinski definition) is 2. The molecule has 5 heteroatoms. The van der Waals surface area contributed by atoms with E-state index < -0.39 is 18.0 Å². The first kappa shape index (κ1) is 16.0. The van der Waals surface area contributed by atoms with Crippen molar-refractivity contribution in [3.8, 4) is 0 Å². The van der Waals surface area contributed by atoms with Crippen molar-refractivity contribution in [2.24, 2.45) is 5.92 Å². The van der Waals surface area contributed by atoms with Crippen molar-refractivity contribution in [1.29, 1.82) is 0 Å². The van der Waals surface area contributed by atoms with E-state index in [0.717, 1.165) is 11.1 Å². The normalized spacial score (nSPS) is 13.3. The average Bonchev–Trinajstić information content (AvgIpc) is 2.42. The first-order chi connectivity index (χ1) is 9.45. The number of amides is 2. The zero-order valence-electron chi connectivity index (χ0n) is 12.1. The quantitative estimate of drug-likeness (QED) is 0.747. The van der Waals surface area contributed by atoms with Gasteiger partial charge in [0.25, 0.3) is 0 Å². The average molecular weight is 278 g/mol. The van der Waals surface area contributed by atoms with Gasteiger partial charge in [0.15, 0.2) is 0 Å². The fourth-order valence-electron chi connectivity index (χ4n) is 1.86. The third kappa shape index (κ3) is 4.57. The largest absolute Gasteiger partial charge is 0.480 e. The molecule has 1 aromatic carbocycles. The van der Waals surface area contributed by atoms with E-state index >= 15 is 0 Å². The van der Waals surface area contributed by atoms with Crippen molar-refractivity contribution >= 4 is 12.0 Å². The molecule has 0 aliphatic heterocycles. The van der Waals surface area contributed by atoms with E-state index in [9.17, 15) is 9.59 Å². The topological polar surface area (TPSA) is 78.4 Å². The molecule has 0 fully saturated rings. The van der Waals surface area contributed by atoms with Gasteiger partial charge in [-0.1, -0.05) is 44.5 Å². The van der Waals surface area contributed by atoms with E-state index in [1.807, 2.05) is 38.1 Å². The van der Waals surface area contributed by atoms with E-state index in [2.05, 4.69) is 10.6 Å². The standard InChI is InChI=1S/C15H22N2O3/c1-4-10(2)13(14(18)19)17-15(20)16-9-12-8-6-5-7-11(12)3/h5-8,10,13H,4,9H2,1-3H3,(H,18,19)(H2,16,17,20)/t10-,13-/m0/s1. The van der Waals surface area contributed by atoms with Crippen LogP contribution in [0, 0.1) is 12.8 Å². The minimum atomic E-state index is -1.01.